The summed E-state index contributed by atoms with van der Waals surface area (Å²) in [5.74, 6) is -0.762. The molecule has 0 aromatic rings. The Morgan fingerprint density at radius 2 is 2.46 bits per heavy atom. The first-order valence-electron chi connectivity index (χ1n) is 4.59. The number of nitrogens with one attached hydrogen (secondary N) is 1. The number of carboxylic acids is 1. The number of hydrogen-bond donors (Lipinski definition) is 2. The minimum Gasteiger partial charge on any atom is -0.481 e. The maximum Gasteiger partial charge on any atom is 0.304 e. The van der Waals surface area contributed by atoms with Crippen LogP contribution in [0.5, 0.6) is 0 Å². The van der Waals surface area contributed by atoms with Gasteiger partial charge in [0.15, 0.2) is 0 Å². The summed E-state index contributed by atoms with van der Waals surface area (Å²) in [4.78, 5) is 10.4. The number of ether oxygens (including phenoxy) is 1. The molecule has 0 aromatic carbocycles. The maximum atomic E-state index is 10.4. The van der Waals surface area contributed by atoms with E-state index in [9.17, 15) is 4.79 Å². The predicted octanol–water partition coefficient (Wildman–Crippen LogP) is 0.618. The van der Waals surface area contributed by atoms with Crippen molar-refractivity contribution in [1.29, 1.82) is 0 Å². The first-order chi connectivity index (χ1) is 6.02. The monoisotopic (exact) mass is 187 g/mol. The van der Waals surface area contributed by atoms with Crippen LogP contribution in [0, 0.1) is 0 Å². The van der Waals surface area contributed by atoms with E-state index in [-0.39, 0.29) is 18.0 Å². The van der Waals surface area contributed by atoms with Gasteiger partial charge in [0.2, 0.25) is 0 Å². The van der Waals surface area contributed by atoms with E-state index in [0.29, 0.717) is 6.61 Å². The smallest absolute Gasteiger partial charge is 0.304 e. The summed E-state index contributed by atoms with van der Waals surface area (Å²) in [5.41, 5.74) is -0.0329. The van der Waals surface area contributed by atoms with Crippen molar-refractivity contribution in [3.63, 3.8) is 0 Å². The second-order valence-corrected chi connectivity index (χ2v) is 4.01. The van der Waals surface area contributed by atoms with Gasteiger partial charge in [-0.15, -0.1) is 0 Å². The Bertz CT molecular complexity index is 187. The molecule has 4 heteroatoms. The SMILES string of the molecule is CC(CC(=O)O)NC1(C)CCOC1. The van der Waals surface area contributed by atoms with Crippen LogP contribution in [0.3, 0.4) is 0 Å². The maximum absolute atomic E-state index is 10.4. The zero-order valence-corrected chi connectivity index (χ0v) is 8.17. The molecule has 2 unspecified atom stereocenters. The van der Waals surface area contributed by atoms with Gasteiger partial charge in [0, 0.05) is 18.2 Å². The van der Waals surface area contributed by atoms with E-state index in [1.807, 2.05) is 6.92 Å². The summed E-state index contributed by atoms with van der Waals surface area (Å²) in [7, 11) is 0. The highest BCUT2D eigenvalue weighted by Crippen LogP contribution is 2.18. The molecule has 1 saturated heterocycles. The molecule has 76 valence electrons. The largest absolute Gasteiger partial charge is 0.481 e. The van der Waals surface area contributed by atoms with Gasteiger partial charge in [-0.25, -0.2) is 0 Å². The highest BCUT2D eigenvalue weighted by Gasteiger charge is 2.30. The molecule has 1 aliphatic heterocycles. The Morgan fingerprint density at radius 3 is 2.92 bits per heavy atom. The zero-order valence-electron chi connectivity index (χ0n) is 8.17. The second kappa shape index (κ2) is 4.07. The number of carboxylic acid groups (broad SMARTS) is 1. The van der Waals surface area contributed by atoms with Crippen molar-refractivity contribution in [3.05, 3.63) is 0 Å². The molecule has 0 bridgehead atoms. The molecule has 13 heavy (non-hydrogen) atoms. The van der Waals surface area contributed by atoms with Crippen LogP contribution in [-0.4, -0.2) is 35.9 Å². The third-order valence-electron chi connectivity index (χ3n) is 2.29. The average molecular weight is 187 g/mol. The lowest BCUT2D eigenvalue weighted by molar-refractivity contribution is -0.137. The highest BCUT2D eigenvalue weighted by atomic mass is 16.5. The molecule has 0 spiro atoms. The van der Waals surface area contributed by atoms with Crippen LogP contribution in [0.4, 0.5) is 0 Å². The van der Waals surface area contributed by atoms with Crippen LogP contribution >= 0.6 is 0 Å². The first kappa shape index (κ1) is 10.5. The van der Waals surface area contributed by atoms with Gasteiger partial charge in [-0.2, -0.15) is 0 Å². The quantitative estimate of drug-likeness (QED) is 0.677. The lowest BCUT2D eigenvalue weighted by Crippen LogP contribution is -2.48. The predicted molar refractivity (Wildman–Crippen MR) is 48.7 cm³/mol. The van der Waals surface area contributed by atoms with Crippen molar-refractivity contribution in [2.75, 3.05) is 13.2 Å². The van der Waals surface area contributed by atoms with Gasteiger partial charge in [-0.05, 0) is 20.3 Å². The van der Waals surface area contributed by atoms with Crippen molar-refractivity contribution in [2.24, 2.45) is 0 Å². The van der Waals surface area contributed by atoms with Crippen LogP contribution in [0.1, 0.15) is 26.7 Å². The Kier molecular flexibility index (Phi) is 3.27. The molecule has 2 N–H and O–H groups in total. The fourth-order valence-corrected chi connectivity index (χ4v) is 1.69. The fourth-order valence-electron chi connectivity index (χ4n) is 1.69. The van der Waals surface area contributed by atoms with E-state index >= 15 is 0 Å². The first-order valence-corrected chi connectivity index (χ1v) is 4.59. The molecular formula is C9H17NO3. The fraction of sp³-hybridized carbons (Fsp3) is 0.889. The summed E-state index contributed by atoms with van der Waals surface area (Å²) in [6.07, 6.45) is 1.12. The second-order valence-electron chi connectivity index (χ2n) is 4.01. The van der Waals surface area contributed by atoms with Crippen molar-refractivity contribution < 1.29 is 14.6 Å². The minimum absolute atomic E-state index is 0.00389. The van der Waals surface area contributed by atoms with Crippen molar-refractivity contribution in [1.82, 2.24) is 5.32 Å². The number of rotatable bonds is 4. The summed E-state index contributed by atoms with van der Waals surface area (Å²) in [5, 5.41) is 11.9. The van der Waals surface area contributed by atoms with E-state index in [0.717, 1.165) is 13.0 Å². The molecule has 0 aliphatic carbocycles. The van der Waals surface area contributed by atoms with Gasteiger partial charge in [-0.3, -0.25) is 4.79 Å². The molecule has 1 fully saturated rings. The molecule has 2 atom stereocenters. The third-order valence-corrected chi connectivity index (χ3v) is 2.29. The van der Waals surface area contributed by atoms with E-state index in [2.05, 4.69) is 12.2 Å². The van der Waals surface area contributed by atoms with Crippen molar-refractivity contribution in [3.8, 4) is 0 Å². The van der Waals surface area contributed by atoms with Gasteiger partial charge < -0.3 is 15.2 Å². The van der Waals surface area contributed by atoms with E-state index < -0.39 is 5.97 Å². The standard InChI is InChI=1S/C9H17NO3/c1-7(5-8(11)12)10-9(2)3-4-13-6-9/h7,10H,3-6H2,1-2H3,(H,11,12). The van der Waals surface area contributed by atoms with Crippen LogP contribution < -0.4 is 5.32 Å². The third kappa shape index (κ3) is 3.32. The Labute approximate surface area is 78.3 Å². The van der Waals surface area contributed by atoms with E-state index in [4.69, 9.17) is 9.84 Å². The normalized spacial score (nSPS) is 30.3. The molecular weight excluding hydrogens is 170 g/mol. The van der Waals surface area contributed by atoms with Crippen LogP contribution in [0.15, 0.2) is 0 Å². The lowest BCUT2D eigenvalue weighted by Gasteiger charge is -2.27. The van der Waals surface area contributed by atoms with Gasteiger partial charge >= 0.3 is 5.97 Å². The Morgan fingerprint density at radius 1 is 1.77 bits per heavy atom. The number of carbonyl (C=O) groups is 1. The lowest BCUT2D eigenvalue weighted by atomic mass is 10.00. The summed E-state index contributed by atoms with van der Waals surface area (Å²) < 4.78 is 5.26. The number of hydrogen-bond acceptors (Lipinski definition) is 3. The average Bonchev–Trinajstić information content (AvgIpc) is 2.33. The topological polar surface area (TPSA) is 58.6 Å². The molecule has 0 aromatic heterocycles. The molecule has 4 nitrogen and oxygen atoms in total. The summed E-state index contributed by atoms with van der Waals surface area (Å²) in [6.45, 7) is 5.40. The molecule has 0 amide bonds. The van der Waals surface area contributed by atoms with E-state index in [1.54, 1.807) is 0 Å². The van der Waals surface area contributed by atoms with Crippen LogP contribution in [-0.2, 0) is 9.53 Å². The summed E-state index contributed by atoms with van der Waals surface area (Å²) >= 11 is 0. The van der Waals surface area contributed by atoms with Crippen LogP contribution in [0.25, 0.3) is 0 Å². The molecule has 0 radical (unpaired) electrons. The minimum atomic E-state index is -0.762. The molecule has 1 heterocycles. The molecule has 1 aliphatic rings. The highest BCUT2D eigenvalue weighted by molar-refractivity contribution is 5.67. The van der Waals surface area contributed by atoms with E-state index in [1.165, 1.54) is 0 Å². The Hall–Kier alpha value is -0.610. The van der Waals surface area contributed by atoms with Crippen molar-refractivity contribution in [2.45, 2.75) is 38.3 Å². The van der Waals surface area contributed by atoms with Gasteiger partial charge in [0.05, 0.1) is 13.0 Å². The van der Waals surface area contributed by atoms with Gasteiger partial charge in [0.25, 0.3) is 0 Å². The molecule has 1 rings (SSSR count). The van der Waals surface area contributed by atoms with Gasteiger partial charge in [-0.1, -0.05) is 0 Å². The van der Waals surface area contributed by atoms with Crippen molar-refractivity contribution >= 4 is 5.97 Å². The zero-order chi connectivity index (χ0) is 9.90. The Balaban J connectivity index is 2.33. The van der Waals surface area contributed by atoms with Crippen LogP contribution in [0.2, 0.25) is 0 Å². The van der Waals surface area contributed by atoms with Gasteiger partial charge in [0.1, 0.15) is 0 Å². The summed E-state index contributed by atoms with van der Waals surface area (Å²) in [6, 6.07) is 0.00389. The number of aliphatic carboxylic acids is 1. The molecule has 0 saturated carbocycles.